The number of hydrogen-bond acceptors (Lipinski definition) is 8. The summed E-state index contributed by atoms with van der Waals surface area (Å²) >= 11 is 0. The summed E-state index contributed by atoms with van der Waals surface area (Å²) in [4.78, 5) is 34.9. The van der Waals surface area contributed by atoms with E-state index in [-0.39, 0.29) is 29.8 Å². The molecule has 0 aliphatic carbocycles. The van der Waals surface area contributed by atoms with Gasteiger partial charge in [-0.3, -0.25) is 4.79 Å². The monoisotopic (exact) mass is 396 g/mol. The molecule has 0 saturated heterocycles. The lowest BCUT2D eigenvalue weighted by molar-refractivity contribution is -0.108. The number of halogens is 1. The Hall–Kier alpha value is -3.92. The first-order chi connectivity index (χ1) is 14.0. The van der Waals surface area contributed by atoms with Crippen molar-refractivity contribution in [1.82, 2.24) is 15.0 Å². The second-order valence-electron chi connectivity index (χ2n) is 5.89. The number of hydrogen-bond donors (Lipinski definition) is 3. The average molecular weight is 396 g/mol. The van der Waals surface area contributed by atoms with E-state index in [0.29, 0.717) is 17.6 Å². The second kappa shape index (κ2) is 8.85. The van der Waals surface area contributed by atoms with Crippen LogP contribution in [0.25, 0.3) is 11.4 Å². The van der Waals surface area contributed by atoms with Crippen molar-refractivity contribution in [3.63, 3.8) is 0 Å². The van der Waals surface area contributed by atoms with Gasteiger partial charge in [-0.05, 0) is 30.3 Å². The fraction of sp³-hybridized carbons (Fsp3) is 0.105. The topological polar surface area (TPSA) is 146 Å². The van der Waals surface area contributed by atoms with Gasteiger partial charge in [0, 0.05) is 24.2 Å². The quantitative estimate of drug-likeness (QED) is 0.486. The summed E-state index contributed by atoms with van der Waals surface area (Å²) in [6, 6.07) is 9.94. The number of aldehydes is 1. The maximum Gasteiger partial charge on any atom is 0.267 e. The molecule has 29 heavy (non-hydrogen) atoms. The number of amides is 1. The van der Waals surface area contributed by atoms with Crippen molar-refractivity contribution in [2.75, 3.05) is 11.9 Å². The number of pyridine rings is 1. The third-order valence-corrected chi connectivity index (χ3v) is 3.77. The van der Waals surface area contributed by atoms with E-state index in [2.05, 4.69) is 20.3 Å². The predicted molar refractivity (Wildman–Crippen MR) is 103 cm³/mol. The average Bonchev–Trinajstić information content (AvgIpc) is 2.74. The van der Waals surface area contributed by atoms with Crippen LogP contribution in [0.15, 0.2) is 48.7 Å². The van der Waals surface area contributed by atoms with Gasteiger partial charge >= 0.3 is 0 Å². The van der Waals surface area contributed by atoms with Crippen molar-refractivity contribution < 1.29 is 18.7 Å². The Morgan fingerprint density at radius 2 is 1.97 bits per heavy atom. The van der Waals surface area contributed by atoms with Gasteiger partial charge in [-0.15, -0.1) is 0 Å². The highest BCUT2D eigenvalue weighted by Crippen LogP contribution is 2.24. The fourth-order valence-electron chi connectivity index (χ4n) is 2.33. The van der Waals surface area contributed by atoms with Crippen LogP contribution in [0.1, 0.15) is 10.5 Å². The van der Waals surface area contributed by atoms with E-state index in [4.69, 9.17) is 16.2 Å². The van der Waals surface area contributed by atoms with Crippen LogP contribution < -0.4 is 21.5 Å². The van der Waals surface area contributed by atoms with Gasteiger partial charge in [0.25, 0.3) is 5.91 Å². The van der Waals surface area contributed by atoms with Crippen molar-refractivity contribution in [3.8, 4) is 23.0 Å². The zero-order valence-corrected chi connectivity index (χ0v) is 15.1. The number of benzene rings is 1. The first kappa shape index (κ1) is 19.8. The minimum Gasteiger partial charge on any atom is -0.439 e. The molecule has 0 aliphatic rings. The van der Waals surface area contributed by atoms with Gasteiger partial charge in [0.2, 0.25) is 5.88 Å². The summed E-state index contributed by atoms with van der Waals surface area (Å²) in [5, 5.41) is 2.82. The molecular formula is C19H17FN6O3. The Morgan fingerprint density at radius 3 is 2.55 bits per heavy atom. The van der Waals surface area contributed by atoms with E-state index < -0.39 is 17.8 Å². The Balaban J connectivity index is 1.86. The molecule has 0 radical (unpaired) electrons. The van der Waals surface area contributed by atoms with Crippen LogP contribution in [0.3, 0.4) is 0 Å². The number of primary amides is 1. The highest BCUT2D eigenvalue weighted by Gasteiger charge is 2.13. The number of nitrogens with one attached hydrogen (secondary N) is 1. The lowest BCUT2D eigenvalue weighted by Gasteiger charge is -2.13. The maximum absolute atomic E-state index is 12.9. The highest BCUT2D eigenvalue weighted by atomic mass is 19.1. The first-order valence-electron chi connectivity index (χ1n) is 8.49. The zero-order chi connectivity index (χ0) is 20.8. The van der Waals surface area contributed by atoms with Gasteiger partial charge in [-0.1, -0.05) is 0 Å². The molecule has 0 saturated carbocycles. The lowest BCUT2D eigenvalue weighted by atomic mass is 10.2. The van der Waals surface area contributed by atoms with Crippen molar-refractivity contribution in [1.29, 1.82) is 0 Å². The standard InChI is InChI=1S/C19H17FN6O3/c20-12-3-6-17(23-9-12)29-14-4-1-11(2-5-14)19-25-15(18(22)28)7-16(26-19)24-13(8-21)10-27/h1-7,9-10,13H,8,21H2,(H2,22,28)(H,24,25,26)/t13-/m0/s1. The van der Waals surface area contributed by atoms with Crippen LogP contribution in [-0.4, -0.2) is 39.7 Å². The van der Waals surface area contributed by atoms with Crippen molar-refractivity contribution in [3.05, 3.63) is 60.2 Å². The van der Waals surface area contributed by atoms with Crippen molar-refractivity contribution in [2.24, 2.45) is 11.5 Å². The number of nitrogens with two attached hydrogens (primary N) is 2. The molecule has 0 aliphatic heterocycles. The normalized spacial score (nSPS) is 11.5. The van der Waals surface area contributed by atoms with E-state index in [9.17, 15) is 14.0 Å². The SMILES string of the molecule is NC[C@@H](C=O)Nc1cc(C(N)=O)nc(-c2ccc(Oc3ccc(F)cn3)cc2)n1. The van der Waals surface area contributed by atoms with E-state index >= 15 is 0 Å². The lowest BCUT2D eigenvalue weighted by Crippen LogP contribution is -2.30. The van der Waals surface area contributed by atoms with Gasteiger partial charge in [0.05, 0.1) is 12.2 Å². The largest absolute Gasteiger partial charge is 0.439 e. The van der Waals surface area contributed by atoms with Crippen molar-refractivity contribution in [2.45, 2.75) is 6.04 Å². The van der Waals surface area contributed by atoms with Crippen LogP contribution in [0.5, 0.6) is 11.6 Å². The van der Waals surface area contributed by atoms with E-state index in [1.54, 1.807) is 24.3 Å². The number of rotatable bonds is 8. The van der Waals surface area contributed by atoms with Gasteiger partial charge in [-0.25, -0.2) is 19.3 Å². The number of nitrogens with zero attached hydrogens (tertiary/aromatic N) is 3. The summed E-state index contributed by atoms with van der Waals surface area (Å²) in [6.45, 7) is 0.0538. The minimum absolute atomic E-state index is 0.0185. The molecule has 5 N–H and O–H groups in total. The molecule has 1 aromatic carbocycles. The van der Waals surface area contributed by atoms with E-state index in [0.717, 1.165) is 6.20 Å². The van der Waals surface area contributed by atoms with Gasteiger partial charge in [0.1, 0.15) is 29.4 Å². The minimum atomic E-state index is -0.741. The highest BCUT2D eigenvalue weighted by molar-refractivity contribution is 5.92. The summed E-state index contributed by atoms with van der Waals surface area (Å²) in [7, 11) is 0. The Kier molecular flexibility index (Phi) is 6.05. The molecule has 0 spiro atoms. The van der Waals surface area contributed by atoms with Crippen LogP contribution in [0, 0.1) is 5.82 Å². The smallest absolute Gasteiger partial charge is 0.267 e. The van der Waals surface area contributed by atoms with Gasteiger partial charge in [-0.2, -0.15) is 0 Å². The first-order valence-corrected chi connectivity index (χ1v) is 8.49. The predicted octanol–water partition coefficient (Wildman–Crippen LogP) is 1.51. The molecule has 148 valence electrons. The Bertz CT molecular complexity index is 1010. The molecule has 10 heteroatoms. The molecule has 3 aromatic rings. The molecule has 0 fully saturated rings. The van der Waals surface area contributed by atoms with Crippen LogP contribution in [0.4, 0.5) is 10.2 Å². The molecule has 1 amide bonds. The molecular weight excluding hydrogens is 379 g/mol. The molecule has 2 heterocycles. The third-order valence-electron chi connectivity index (χ3n) is 3.77. The summed E-state index contributed by atoms with van der Waals surface area (Å²) in [6.07, 6.45) is 1.69. The molecule has 2 aromatic heterocycles. The molecule has 0 unspecified atom stereocenters. The number of ether oxygens (including phenoxy) is 1. The Labute approximate surface area is 164 Å². The van der Waals surface area contributed by atoms with Gasteiger partial charge in [0.15, 0.2) is 5.82 Å². The number of aromatic nitrogens is 3. The molecule has 0 bridgehead atoms. The summed E-state index contributed by atoms with van der Waals surface area (Å²) in [5.74, 6) is -0.0516. The van der Waals surface area contributed by atoms with E-state index in [1.165, 1.54) is 18.2 Å². The third kappa shape index (κ3) is 5.08. The number of anilines is 1. The van der Waals surface area contributed by atoms with E-state index in [1.807, 2.05) is 0 Å². The maximum atomic E-state index is 12.9. The van der Waals surface area contributed by atoms with Crippen LogP contribution >= 0.6 is 0 Å². The molecule has 3 rings (SSSR count). The summed E-state index contributed by atoms with van der Waals surface area (Å²) < 4.78 is 18.5. The molecule has 9 nitrogen and oxygen atoms in total. The number of carbonyl (C=O) groups is 2. The second-order valence-corrected chi connectivity index (χ2v) is 5.89. The molecule has 1 atom stereocenters. The zero-order valence-electron chi connectivity index (χ0n) is 15.1. The Morgan fingerprint density at radius 1 is 1.21 bits per heavy atom. The van der Waals surface area contributed by atoms with Crippen LogP contribution in [-0.2, 0) is 4.79 Å². The van der Waals surface area contributed by atoms with Crippen molar-refractivity contribution >= 4 is 18.0 Å². The van der Waals surface area contributed by atoms with Gasteiger partial charge < -0.3 is 26.3 Å². The number of carbonyl (C=O) groups excluding carboxylic acids is 2. The summed E-state index contributed by atoms with van der Waals surface area (Å²) in [5.41, 5.74) is 11.4. The fourth-order valence-corrected chi connectivity index (χ4v) is 2.33. The van der Waals surface area contributed by atoms with Crippen LogP contribution in [0.2, 0.25) is 0 Å².